The molecule has 4 heterocycles. The molecule has 0 spiro atoms. The van der Waals surface area contributed by atoms with Gasteiger partial charge in [-0.15, -0.1) is 5.75 Å². The number of aliphatic imine (C=N–C) groups is 1. The van der Waals surface area contributed by atoms with Crippen molar-refractivity contribution in [3.05, 3.63) is 340 Å². The van der Waals surface area contributed by atoms with E-state index >= 15 is 0 Å². The summed E-state index contributed by atoms with van der Waals surface area (Å²) in [6, 6.07) is 57.9. The molecule has 3 aliphatic heterocycles. The second-order valence-corrected chi connectivity index (χ2v) is 39.8. The maximum Gasteiger partial charge on any atom is 1.00 e. The number of aromatic nitrogens is 1. The van der Waals surface area contributed by atoms with Gasteiger partial charge in [-0.1, -0.05) is 121 Å². The fourth-order valence-corrected chi connectivity index (χ4v) is 21.1. The van der Waals surface area contributed by atoms with Crippen LogP contribution in [0.4, 0.5) is 11.4 Å². The first-order valence-electron chi connectivity index (χ1n) is 38.8. The molecule has 0 bridgehead atoms. The van der Waals surface area contributed by atoms with E-state index < -0.39 is 68.8 Å². The van der Waals surface area contributed by atoms with E-state index in [1.165, 1.54) is 103 Å². The number of aromatic amines is 1. The molecule has 2 N–H and O–H groups in total. The quantitative estimate of drug-likeness (QED) is 0.00986. The molecule has 6 aliphatic rings. The van der Waals surface area contributed by atoms with Gasteiger partial charge in [0, 0.05) is 115 Å². The van der Waals surface area contributed by atoms with E-state index in [1.807, 2.05) is 162 Å². The van der Waals surface area contributed by atoms with Gasteiger partial charge in [-0.2, -0.15) is 4.33 Å². The fourth-order valence-electron chi connectivity index (χ4n) is 14.9. The predicted octanol–water partition coefficient (Wildman–Crippen LogP) is -11.2. The standard InChI is InChI=1S/C37H36N2O9S3.C20H8I4O5.C20H12O5.C16H10N2O8S2.8Na/c1-3-38(25-27-9-7-11-33(23-27)49(40,41)42)31-19-15-29(16-20-31)37(35-13-5-6-14-36(35)51(46,47)48)30-17-21-32(22-18-30)39(4-2)26-28-10-8-12-34(24-28)50(43,44)45;21-11-5-9-13(7-3-1-2-4-8(7)20(27)28)10-6-12(22)17(26)15(24)19(10)29-18(9)14(23)16(11)25;21-11-5-7-15-17(9-11)25-18-10-12(22)6-8-16(18)19(15)13-3-1-2-4-14(13)20(23)24;19-15-9-5-7(27-26-25-21)1-3-11(9)17-13(15)14-16(20)10-6-8(28(22,23)24)2-4-12(10)18-14;;;;;;;;/h5-24H,3-4,25-26H2,1-2H3,(H2-,40,41,42,43,44,45,46,47,48);1-6,25H,(H,27,28);1-10,21H,(H,23,24);1-6,18,20-21H,(H,22,23,24);;;;;;;;/q;;;;8*+1/p-8. The first-order valence-corrected chi connectivity index (χ1v) is 49.5. The van der Waals surface area contributed by atoms with E-state index in [4.69, 9.17) is 8.83 Å². The number of nitrogens with one attached hydrogen (secondary N) is 1. The van der Waals surface area contributed by atoms with Gasteiger partial charge in [-0.05, 0) is 259 Å². The summed E-state index contributed by atoms with van der Waals surface area (Å²) in [7, 11) is -18.8. The summed E-state index contributed by atoms with van der Waals surface area (Å²) >= 11 is 8.38. The molecule has 141 heavy (non-hydrogen) atoms. The molecule has 31 nitrogen and oxygen atoms in total. The first-order chi connectivity index (χ1) is 63.1. The summed E-state index contributed by atoms with van der Waals surface area (Å²) in [6.45, 7) is 5.60. The zero-order valence-corrected chi connectivity index (χ0v) is 105. The van der Waals surface area contributed by atoms with Crippen LogP contribution >= 0.6 is 102 Å². The second-order valence-electron chi connectivity index (χ2n) is 29.0. The normalized spacial score (nSPS) is 11.9. The minimum absolute atomic E-state index is 0. The van der Waals surface area contributed by atoms with Crippen molar-refractivity contribution in [2.24, 2.45) is 4.99 Å². The Kier molecular flexibility index (Phi) is 48.5. The van der Waals surface area contributed by atoms with E-state index in [0.29, 0.717) is 152 Å². The van der Waals surface area contributed by atoms with Crippen LogP contribution in [0.15, 0.2) is 308 Å². The van der Waals surface area contributed by atoms with Gasteiger partial charge in [0.25, 0.3) is 0 Å². The number of fused-ring (bicyclic) bond motifs is 6. The van der Waals surface area contributed by atoms with Gasteiger partial charge >= 0.3 is 236 Å². The topological polar surface area (TPSA) is 529 Å². The van der Waals surface area contributed by atoms with E-state index in [1.54, 1.807) is 91.0 Å². The maximum absolute atomic E-state index is 12.7. The molecule has 17 rings (SSSR count). The number of allylic oxidation sites excluding steroid dienone is 5. The molecule has 11 aromatic rings. The van der Waals surface area contributed by atoms with Crippen molar-refractivity contribution in [1.82, 2.24) is 4.98 Å². The number of rotatable bonds is 21. The van der Waals surface area contributed by atoms with Crippen LogP contribution in [0.3, 0.4) is 0 Å². The van der Waals surface area contributed by atoms with E-state index in [-0.39, 0.29) is 324 Å². The van der Waals surface area contributed by atoms with Crippen LogP contribution in [0.1, 0.15) is 72.9 Å². The van der Waals surface area contributed by atoms with Crippen molar-refractivity contribution in [3.8, 4) is 62.1 Å². The van der Waals surface area contributed by atoms with Crippen LogP contribution in [0.2, 0.25) is 0 Å². The smallest absolute Gasteiger partial charge is 0.872 e. The van der Waals surface area contributed by atoms with Gasteiger partial charge in [-0.3, -0.25) is 19.4 Å². The van der Waals surface area contributed by atoms with Gasteiger partial charge in [0.15, 0.2) is 29.2 Å². The molecular weight excluding hydrogens is 2460 g/mol. The van der Waals surface area contributed by atoms with Crippen molar-refractivity contribution in [2.45, 2.75) is 51.4 Å². The van der Waals surface area contributed by atoms with Gasteiger partial charge in [0.1, 0.15) is 78.9 Å². The van der Waals surface area contributed by atoms with Crippen LogP contribution in [0.25, 0.3) is 83.3 Å². The number of benzene rings is 12. The largest absolute Gasteiger partial charge is 1.00 e. The Hall–Kier alpha value is -3.72. The van der Waals surface area contributed by atoms with E-state index in [2.05, 4.69) is 19.3 Å². The zero-order valence-electron chi connectivity index (χ0n) is 76.0. The SMILES string of the molecule is CCN(Cc1cccc(S(=O)(=O)[O-])c1)c1ccc(C(=C2C=CC(=[N+](CC)Cc3cccc(S(=O)(=O)[O-])c3)C=C2)c2ccccc2S(=O)(=O)[O-])cc1.O=C([O-])c1ccccc1-c1c2cc(I)c(=O)c(I)c-2oc2c(I)c([O-])c(I)cc12.O=C([O-])c1ccccc1-c1c2ccc(=O)cc-2oc2cc([O-])ccc12.O=C1C(c2[nH]c3ccc(S(=O)(=O)[O-])cc3c2O)=Nc2ccc(SOO[O-])cc21.[Na+].[Na+].[Na+].[Na+].[Na+].[Na+].[Na+].[Na+]. The van der Waals surface area contributed by atoms with Gasteiger partial charge in [0.05, 0.1) is 58.4 Å². The summed E-state index contributed by atoms with van der Waals surface area (Å²) in [5, 5.41) is 72.4. The van der Waals surface area contributed by atoms with Crippen molar-refractivity contribution in [2.75, 3.05) is 18.0 Å². The molecule has 0 saturated carbocycles. The Morgan fingerprint density at radius 2 is 1.10 bits per heavy atom. The molecule has 10 aromatic carbocycles. The average Bonchev–Trinajstić information content (AvgIpc) is 1.55. The number of aromatic hydroxyl groups is 1. The molecule has 3 aliphatic carbocycles. The van der Waals surface area contributed by atoms with Gasteiger partial charge in [-0.25, -0.2) is 43.2 Å². The number of hydrogen-bond acceptors (Lipinski definition) is 30. The Bertz CT molecular complexity index is 8060. The third kappa shape index (κ3) is 29.4. The van der Waals surface area contributed by atoms with Crippen LogP contribution < -0.4 is 278 Å². The van der Waals surface area contributed by atoms with Crippen molar-refractivity contribution < 1.29 is 356 Å². The number of aromatic carboxylic acids is 2. The zero-order chi connectivity index (χ0) is 95.6. The maximum atomic E-state index is 12.7. The number of carboxylic acids is 2. The number of carbonyl (C=O) groups excluding carboxylic acids is 3. The monoisotopic (exact) mass is 2510 g/mol. The molecule has 0 fully saturated rings. The van der Waals surface area contributed by atoms with Gasteiger partial charge in [0.2, 0.25) is 11.2 Å². The molecule has 0 saturated heterocycles. The third-order valence-corrected chi connectivity index (χ3v) is 28.5. The average molecular weight is 2520 g/mol. The molecule has 0 radical (unpaired) electrons. The van der Waals surface area contributed by atoms with Crippen molar-refractivity contribution in [3.63, 3.8) is 0 Å². The summed E-state index contributed by atoms with van der Waals surface area (Å²) < 4.78 is 160. The number of H-pyrrole nitrogens is 1. The minimum Gasteiger partial charge on any atom is -0.872 e. The first kappa shape index (κ1) is 126. The van der Waals surface area contributed by atoms with Gasteiger partial charge < -0.3 is 77.3 Å². The third-order valence-electron chi connectivity index (χ3n) is 20.9. The Morgan fingerprint density at radius 3 is 1.67 bits per heavy atom. The predicted molar refractivity (Wildman–Crippen MR) is 511 cm³/mol. The molecule has 0 atom stereocenters. The fraction of sp³-hybridized carbons (Fsp3) is 0.0645. The number of ketones is 1. The number of Topliss-reactive ketones (excluding diaryl/α,β-unsaturated/α-hetero) is 1. The second kappa shape index (κ2) is 54.3. The van der Waals surface area contributed by atoms with Crippen molar-refractivity contribution in [1.29, 1.82) is 0 Å². The number of hydrogen-bond donors (Lipinski definition) is 2. The van der Waals surface area contributed by atoms with Crippen LogP contribution in [0.5, 0.6) is 17.2 Å². The van der Waals surface area contributed by atoms with E-state index in [9.17, 15) is 107 Å². The molecule has 678 valence electrons. The molecule has 0 unspecified atom stereocenters. The molecule has 48 heteroatoms. The number of carboxylic acid groups (broad SMARTS) is 2. The number of carbonyl (C=O) groups is 3. The number of anilines is 1. The summed E-state index contributed by atoms with van der Waals surface area (Å²) in [4.78, 5) is 68.2. The van der Waals surface area contributed by atoms with E-state index in [0.717, 1.165) is 23.5 Å². The Morgan fingerprint density at radius 1 is 0.532 bits per heavy atom. The molecule has 0 amide bonds. The Balaban J connectivity index is 0.000000295. The number of nitrogens with zero attached hydrogens (tertiary/aromatic N) is 3. The minimum atomic E-state index is -4.86. The summed E-state index contributed by atoms with van der Waals surface area (Å²) in [5.41, 5.74) is 9.04. The van der Waals surface area contributed by atoms with Crippen molar-refractivity contribution >= 4 is 222 Å². The van der Waals surface area contributed by atoms with Crippen LogP contribution in [-0.2, 0) is 62.9 Å². The van der Waals surface area contributed by atoms with Crippen LogP contribution in [0, 0.1) is 14.3 Å². The summed E-state index contributed by atoms with van der Waals surface area (Å²) in [6.07, 6.45) is 7.29. The Labute approximate surface area is 1040 Å². The van der Waals surface area contributed by atoms with Crippen LogP contribution in [-0.4, -0.2) is 109 Å². The number of halogens is 4. The summed E-state index contributed by atoms with van der Waals surface area (Å²) in [5.74, 6) is -3.33. The molecular formula is C93H58I4N4Na8O27S5. The molecule has 1 aromatic heterocycles.